The van der Waals surface area contributed by atoms with Gasteiger partial charge in [-0.1, -0.05) is 18.2 Å². The summed E-state index contributed by atoms with van der Waals surface area (Å²) in [6.45, 7) is 1.42. The minimum Gasteiger partial charge on any atom is -0.449 e. The second-order valence-electron chi connectivity index (χ2n) is 4.40. The standard InChI is InChI=1S/C16H14FNO3S/c1-11(16(20)18-14-7-3-2-6-13(14)17)21-15(19)9-8-12-5-4-10-22-12/h2-11H,1H3,(H,18,20)/b9-8+/t11-/m1/s1. The monoisotopic (exact) mass is 319 g/mol. The molecule has 0 saturated carbocycles. The third kappa shape index (κ3) is 4.53. The van der Waals surface area contributed by atoms with Crippen molar-refractivity contribution in [2.75, 3.05) is 5.32 Å². The topological polar surface area (TPSA) is 55.4 Å². The molecule has 1 heterocycles. The lowest BCUT2D eigenvalue weighted by Gasteiger charge is -2.12. The van der Waals surface area contributed by atoms with Crippen molar-refractivity contribution in [2.24, 2.45) is 0 Å². The maximum absolute atomic E-state index is 13.4. The van der Waals surface area contributed by atoms with Crippen molar-refractivity contribution in [1.29, 1.82) is 0 Å². The first-order chi connectivity index (χ1) is 10.6. The fraction of sp³-hybridized carbons (Fsp3) is 0.125. The summed E-state index contributed by atoms with van der Waals surface area (Å²) in [5, 5.41) is 4.26. The lowest BCUT2D eigenvalue weighted by molar-refractivity contribution is -0.148. The van der Waals surface area contributed by atoms with E-state index in [1.54, 1.807) is 12.1 Å². The molecular weight excluding hydrogens is 305 g/mol. The van der Waals surface area contributed by atoms with Gasteiger partial charge < -0.3 is 10.1 Å². The molecule has 6 heteroatoms. The number of thiophene rings is 1. The Morgan fingerprint density at radius 1 is 1.27 bits per heavy atom. The third-order valence-corrected chi connectivity index (χ3v) is 3.56. The van der Waals surface area contributed by atoms with Gasteiger partial charge in [0.15, 0.2) is 6.10 Å². The van der Waals surface area contributed by atoms with Crippen LogP contribution in [-0.4, -0.2) is 18.0 Å². The van der Waals surface area contributed by atoms with Crippen molar-refractivity contribution in [3.63, 3.8) is 0 Å². The van der Waals surface area contributed by atoms with Crippen LogP contribution in [0.4, 0.5) is 10.1 Å². The van der Waals surface area contributed by atoms with Crippen LogP contribution < -0.4 is 5.32 Å². The van der Waals surface area contributed by atoms with Crippen LogP contribution in [0, 0.1) is 5.82 Å². The van der Waals surface area contributed by atoms with Crippen molar-refractivity contribution in [3.8, 4) is 0 Å². The lowest BCUT2D eigenvalue weighted by Crippen LogP contribution is -2.29. The number of benzene rings is 1. The minimum atomic E-state index is -1.03. The number of hydrogen-bond acceptors (Lipinski definition) is 4. The highest BCUT2D eigenvalue weighted by atomic mass is 32.1. The summed E-state index contributed by atoms with van der Waals surface area (Å²) in [5.74, 6) is -1.78. The predicted molar refractivity (Wildman–Crippen MR) is 83.9 cm³/mol. The van der Waals surface area contributed by atoms with Crippen LogP contribution in [0.2, 0.25) is 0 Å². The molecule has 0 aliphatic heterocycles. The zero-order chi connectivity index (χ0) is 15.9. The maximum Gasteiger partial charge on any atom is 0.331 e. The smallest absolute Gasteiger partial charge is 0.331 e. The summed E-state index contributed by atoms with van der Waals surface area (Å²) in [7, 11) is 0. The van der Waals surface area contributed by atoms with Gasteiger partial charge in [0, 0.05) is 11.0 Å². The predicted octanol–water partition coefficient (Wildman–Crippen LogP) is 3.47. The molecule has 1 atom stereocenters. The molecule has 114 valence electrons. The van der Waals surface area contributed by atoms with E-state index in [2.05, 4.69) is 5.32 Å². The SMILES string of the molecule is C[C@@H](OC(=O)/C=C/c1cccs1)C(=O)Nc1ccccc1F. The molecule has 2 rings (SSSR count). The molecule has 0 aliphatic carbocycles. The van der Waals surface area contributed by atoms with Crippen molar-refractivity contribution in [1.82, 2.24) is 0 Å². The molecule has 1 N–H and O–H groups in total. The van der Waals surface area contributed by atoms with E-state index < -0.39 is 23.8 Å². The van der Waals surface area contributed by atoms with Crippen LogP contribution in [0.25, 0.3) is 6.08 Å². The van der Waals surface area contributed by atoms with Crippen LogP contribution in [-0.2, 0) is 14.3 Å². The summed E-state index contributed by atoms with van der Waals surface area (Å²) in [6.07, 6.45) is 1.83. The van der Waals surface area contributed by atoms with Crippen LogP contribution in [0.1, 0.15) is 11.8 Å². The van der Waals surface area contributed by atoms with Gasteiger partial charge in [0.25, 0.3) is 5.91 Å². The molecule has 0 radical (unpaired) electrons. The van der Waals surface area contributed by atoms with Crippen molar-refractivity contribution in [2.45, 2.75) is 13.0 Å². The number of anilines is 1. The molecule has 0 saturated heterocycles. The van der Waals surface area contributed by atoms with Crippen molar-refractivity contribution < 1.29 is 18.7 Å². The zero-order valence-corrected chi connectivity index (χ0v) is 12.6. The Bertz CT molecular complexity index is 682. The highest BCUT2D eigenvalue weighted by Gasteiger charge is 2.17. The molecular formula is C16H14FNO3S. The van der Waals surface area contributed by atoms with E-state index in [1.807, 2.05) is 17.5 Å². The van der Waals surface area contributed by atoms with Gasteiger partial charge in [-0.25, -0.2) is 9.18 Å². The number of carbonyl (C=O) groups excluding carboxylic acids is 2. The Morgan fingerprint density at radius 2 is 2.05 bits per heavy atom. The highest BCUT2D eigenvalue weighted by Crippen LogP contribution is 2.13. The van der Waals surface area contributed by atoms with Gasteiger partial charge >= 0.3 is 5.97 Å². The van der Waals surface area contributed by atoms with Crippen molar-refractivity contribution in [3.05, 3.63) is 58.5 Å². The first kappa shape index (κ1) is 15.9. The molecule has 22 heavy (non-hydrogen) atoms. The van der Waals surface area contributed by atoms with Gasteiger partial charge in [0.05, 0.1) is 5.69 Å². The highest BCUT2D eigenvalue weighted by molar-refractivity contribution is 7.10. The van der Waals surface area contributed by atoms with Gasteiger partial charge in [-0.3, -0.25) is 4.79 Å². The number of halogens is 1. The molecule has 1 aromatic heterocycles. The molecule has 0 bridgehead atoms. The average molecular weight is 319 g/mol. The zero-order valence-electron chi connectivity index (χ0n) is 11.8. The summed E-state index contributed by atoms with van der Waals surface area (Å²) in [4.78, 5) is 24.4. The number of carbonyl (C=O) groups is 2. The quantitative estimate of drug-likeness (QED) is 0.678. The Morgan fingerprint density at radius 3 is 2.73 bits per heavy atom. The molecule has 2 aromatic rings. The first-order valence-corrected chi connectivity index (χ1v) is 7.42. The van der Waals surface area contributed by atoms with Gasteiger partial charge in [-0.2, -0.15) is 0 Å². The van der Waals surface area contributed by atoms with Crippen molar-refractivity contribution >= 4 is 35.0 Å². The number of ether oxygens (including phenoxy) is 1. The number of hydrogen-bond donors (Lipinski definition) is 1. The van der Waals surface area contributed by atoms with E-state index >= 15 is 0 Å². The molecule has 0 unspecified atom stereocenters. The van der Waals surface area contributed by atoms with E-state index in [0.29, 0.717) is 0 Å². The minimum absolute atomic E-state index is 0.0459. The third-order valence-electron chi connectivity index (χ3n) is 2.72. The van der Waals surface area contributed by atoms with Gasteiger partial charge in [-0.15, -0.1) is 11.3 Å². The van der Waals surface area contributed by atoms with E-state index in [0.717, 1.165) is 4.88 Å². The fourth-order valence-corrected chi connectivity index (χ4v) is 2.22. The number of nitrogens with one attached hydrogen (secondary N) is 1. The Balaban J connectivity index is 1.88. The molecule has 1 aromatic carbocycles. The largest absolute Gasteiger partial charge is 0.449 e. The Kier molecular flexibility index (Phi) is 5.43. The molecule has 1 amide bonds. The van der Waals surface area contributed by atoms with E-state index in [4.69, 9.17) is 4.74 Å². The van der Waals surface area contributed by atoms with Crippen LogP contribution in [0.5, 0.6) is 0 Å². The molecule has 4 nitrogen and oxygen atoms in total. The van der Waals surface area contributed by atoms with E-state index in [9.17, 15) is 14.0 Å². The number of amides is 1. The summed E-state index contributed by atoms with van der Waals surface area (Å²) in [6, 6.07) is 9.49. The first-order valence-electron chi connectivity index (χ1n) is 6.54. The average Bonchev–Trinajstić information content (AvgIpc) is 3.00. The number of esters is 1. The number of rotatable bonds is 5. The fourth-order valence-electron chi connectivity index (χ4n) is 1.60. The summed E-state index contributed by atoms with van der Waals surface area (Å²) >= 11 is 1.48. The second kappa shape index (κ2) is 7.51. The van der Waals surface area contributed by atoms with Gasteiger partial charge in [-0.05, 0) is 36.6 Å². The van der Waals surface area contributed by atoms with Gasteiger partial charge in [0.1, 0.15) is 5.82 Å². The second-order valence-corrected chi connectivity index (χ2v) is 5.38. The lowest BCUT2D eigenvalue weighted by atomic mass is 10.3. The van der Waals surface area contributed by atoms with Crippen LogP contribution in [0.15, 0.2) is 47.9 Å². The molecule has 0 aliphatic rings. The van der Waals surface area contributed by atoms with E-state index in [1.165, 1.54) is 42.5 Å². The Labute approximate surface area is 131 Å². The Hall–Kier alpha value is -2.47. The molecule has 0 spiro atoms. The van der Waals surface area contributed by atoms with Gasteiger partial charge in [0.2, 0.25) is 0 Å². The van der Waals surface area contributed by atoms with Crippen LogP contribution >= 0.6 is 11.3 Å². The van der Waals surface area contributed by atoms with E-state index in [-0.39, 0.29) is 5.69 Å². The maximum atomic E-state index is 13.4. The summed E-state index contributed by atoms with van der Waals surface area (Å²) < 4.78 is 18.4. The summed E-state index contributed by atoms with van der Waals surface area (Å²) in [5.41, 5.74) is 0.0459. The molecule has 0 fully saturated rings. The van der Waals surface area contributed by atoms with Crippen LogP contribution in [0.3, 0.4) is 0 Å². The normalized spacial score (nSPS) is 12.1. The number of para-hydroxylation sites is 1.